The van der Waals surface area contributed by atoms with E-state index in [0.29, 0.717) is 17.9 Å². The number of halogens is 1. The molecule has 4 nitrogen and oxygen atoms in total. The molecule has 0 aliphatic heterocycles. The molecule has 0 fully saturated rings. The number of aryl methyl sites for hydroxylation is 1. The van der Waals surface area contributed by atoms with Gasteiger partial charge in [-0.05, 0) is 40.5 Å². The molecule has 2 aromatic carbocycles. The fourth-order valence-electron chi connectivity index (χ4n) is 2.28. The van der Waals surface area contributed by atoms with Crippen molar-refractivity contribution in [2.75, 3.05) is 0 Å². The fourth-order valence-corrected chi connectivity index (χ4v) is 3.63. The lowest BCUT2D eigenvalue weighted by atomic mass is 10.2. The van der Waals surface area contributed by atoms with Gasteiger partial charge in [-0.3, -0.25) is 4.79 Å². The van der Waals surface area contributed by atoms with Gasteiger partial charge in [0.1, 0.15) is 12.4 Å². The summed E-state index contributed by atoms with van der Waals surface area (Å²) in [7, 11) is 0. The van der Waals surface area contributed by atoms with E-state index in [4.69, 9.17) is 4.74 Å². The first-order chi connectivity index (χ1) is 12.6. The predicted molar refractivity (Wildman–Crippen MR) is 109 cm³/mol. The van der Waals surface area contributed by atoms with Gasteiger partial charge in [0.25, 0.3) is 5.91 Å². The minimum atomic E-state index is -0.312. The van der Waals surface area contributed by atoms with Crippen molar-refractivity contribution in [1.82, 2.24) is 5.43 Å². The third kappa shape index (κ3) is 4.59. The highest BCUT2D eigenvalue weighted by Gasteiger charge is 2.11. The van der Waals surface area contributed by atoms with E-state index in [2.05, 4.69) is 26.5 Å². The highest BCUT2D eigenvalue weighted by Crippen LogP contribution is 2.26. The van der Waals surface area contributed by atoms with Crippen LogP contribution in [0.2, 0.25) is 0 Å². The molecule has 0 radical (unpaired) electrons. The monoisotopic (exact) mass is 428 g/mol. The molecule has 1 heterocycles. The normalized spacial score (nSPS) is 10.8. The molecular weight excluding hydrogens is 412 g/mol. The summed E-state index contributed by atoms with van der Waals surface area (Å²) in [4.78, 5) is 13.6. The number of nitrogens with zero attached hydrogens (tertiary/aromatic N) is 1. The summed E-state index contributed by atoms with van der Waals surface area (Å²) in [6.07, 6.45) is 1.62. The summed E-state index contributed by atoms with van der Waals surface area (Å²) in [6.45, 7) is 2.42. The Balaban J connectivity index is 1.66. The van der Waals surface area contributed by atoms with Crippen molar-refractivity contribution in [3.05, 3.63) is 86.0 Å². The molecule has 1 amide bonds. The fraction of sp³-hybridized carbons (Fsp3) is 0.100. The van der Waals surface area contributed by atoms with Crippen LogP contribution in [-0.2, 0) is 6.61 Å². The first-order valence-electron chi connectivity index (χ1n) is 7.98. The van der Waals surface area contributed by atoms with Gasteiger partial charge in [-0.1, -0.05) is 42.5 Å². The van der Waals surface area contributed by atoms with Crippen LogP contribution in [0.1, 0.15) is 26.4 Å². The van der Waals surface area contributed by atoms with E-state index in [1.54, 1.807) is 35.8 Å². The highest BCUT2D eigenvalue weighted by molar-refractivity contribution is 9.10. The Morgan fingerprint density at radius 1 is 1.19 bits per heavy atom. The van der Waals surface area contributed by atoms with Crippen LogP contribution in [0, 0.1) is 6.92 Å². The third-order valence-electron chi connectivity index (χ3n) is 3.66. The van der Waals surface area contributed by atoms with Gasteiger partial charge in [0.05, 0.1) is 11.8 Å². The Morgan fingerprint density at radius 3 is 2.65 bits per heavy atom. The summed E-state index contributed by atoms with van der Waals surface area (Å²) in [6, 6.07) is 17.0. The smallest absolute Gasteiger partial charge is 0.275 e. The van der Waals surface area contributed by atoms with Gasteiger partial charge in [-0.2, -0.15) is 5.10 Å². The van der Waals surface area contributed by atoms with Crippen molar-refractivity contribution >= 4 is 39.4 Å². The molecule has 0 aliphatic carbocycles. The van der Waals surface area contributed by atoms with Crippen molar-refractivity contribution in [2.45, 2.75) is 13.5 Å². The van der Waals surface area contributed by atoms with E-state index in [9.17, 15) is 4.79 Å². The van der Waals surface area contributed by atoms with Crippen molar-refractivity contribution < 1.29 is 9.53 Å². The first-order valence-corrected chi connectivity index (χ1v) is 9.65. The van der Waals surface area contributed by atoms with E-state index in [1.165, 1.54) is 0 Å². The molecule has 132 valence electrons. The lowest BCUT2D eigenvalue weighted by Crippen LogP contribution is -2.18. The minimum absolute atomic E-state index is 0.312. The molecule has 1 aromatic heterocycles. The number of thiophene rings is 1. The summed E-state index contributed by atoms with van der Waals surface area (Å²) in [5, 5.41) is 6.03. The van der Waals surface area contributed by atoms with Crippen LogP contribution in [-0.4, -0.2) is 12.1 Å². The lowest BCUT2D eigenvalue weighted by Gasteiger charge is -2.10. The zero-order valence-electron chi connectivity index (χ0n) is 14.1. The Bertz CT molecular complexity index is 923. The number of ether oxygens (including phenoxy) is 1. The standard InChI is InChI=1S/C20H17BrN2O2S/c1-14-19(21)16(13-26-14)11-22-23-20(24)17-9-5-6-10-18(17)25-12-15-7-3-2-4-8-15/h2-11,13H,12H2,1H3,(H,23,24)/b22-11+. The van der Waals surface area contributed by atoms with Crippen LogP contribution in [0.25, 0.3) is 0 Å². The number of amides is 1. The van der Waals surface area contributed by atoms with Crippen LogP contribution in [0.15, 0.2) is 69.6 Å². The minimum Gasteiger partial charge on any atom is -0.488 e. The summed E-state index contributed by atoms with van der Waals surface area (Å²) < 4.78 is 6.81. The van der Waals surface area contributed by atoms with Gasteiger partial charge in [0.2, 0.25) is 0 Å². The average Bonchev–Trinajstić information content (AvgIpc) is 2.99. The second kappa shape index (κ2) is 8.78. The first kappa shape index (κ1) is 18.4. The molecule has 6 heteroatoms. The molecule has 0 aliphatic rings. The second-order valence-electron chi connectivity index (χ2n) is 5.53. The number of benzene rings is 2. The highest BCUT2D eigenvalue weighted by atomic mass is 79.9. The van der Waals surface area contributed by atoms with Crippen molar-refractivity contribution in [3.8, 4) is 5.75 Å². The number of para-hydroxylation sites is 1. The van der Waals surface area contributed by atoms with Gasteiger partial charge in [0, 0.05) is 20.3 Å². The average molecular weight is 429 g/mol. The number of nitrogens with one attached hydrogen (secondary N) is 1. The molecule has 0 atom stereocenters. The summed E-state index contributed by atoms with van der Waals surface area (Å²) >= 11 is 5.13. The number of carbonyl (C=O) groups is 1. The second-order valence-corrected chi connectivity index (χ2v) is 7.41. The van der Waals surface area contributed by atoms with Crippen molar-refractivity contribution in [1.29, 1.82) is 0 Å². The van der Waals surface area contributed by atoms with E-state index in [0.717, 1.165) is 20.5 Å². The zero-order chi connectivity index (χ0) is 18.4. The van der Waals surface area contributed by atoms with E-state index < -0.39 is 0 Å². The van der Waals surface area contributed by atoms with E-state index in [-0.39, 0.29) is 5.91 Å². The van der Waals surface area contributed by atoms with Crippen molar-refractivity contribution in [3.63, 3.8) is 0 Å². The van der Waals surface area contributed by atoms with Crippen LogP contribution in [0.5, 0.6) is 5.75 Å². The Labute approximate surface area is 164 Å². The molecule has 3 aromatic rings. The Kier molecular flexibility index (Phi) is 6.20. The van der Waals surface area contributed by atoms with Crippen LogP contribution in [0.3, 0.4) is 0 Å². The largest absolute Gasteiger partial charge is 0.488 e. The third-order valence-corrected chi connectivity index (χ3v) is 5.91. The van der Waals surface area contributed by atoms with E-state index >= 15 is 0 Å². The van der Waals surface area contributed by atoms with Gasteiger partial charge in [-0.25, -0.2) is 5.43 Å². The number of rotatable bonds is 6. The van der Waals surface area contributed by atoms with Crippen LogP contribution < -0.4 is 10.2 Å². The summed E-state index contributed by atoms with van der Waals surface area (Å²) in [5.41, 5.74) is 4.97. The maximum atomic E-state index is 12.4. The van der Waals surface area contributed by atoms with Crippen molar-refractivity contribution in [2.24, 2.45) is 5.10 Å². The Morgan fingerprint density at radius 2 is 1.92 bits per heavy atom. The zero-order valence-corrected chi connectivity index (χ0v) is 16.5. The number of hydrazone groups is 1. The SMILES string of the molecule is Cc1scc(/C=N/NC(=O)c2ccccc2OCc2ccccc2)c1Br. The number of hydrogen-bond donors (Lipinski definition) is 1. The molecule has 0 unspecified atom stereocenters. The molecule has 3 rings (SSSR count). The molecule has 26 heavy (non-hydrogen) atoms. The quantitative estimate of drug-likeness (QED) is 0.435. The van der Waals surface area contributed by atoms with E-state index in [1.807, 2.05) is 48.7 Å². The maximum Gasteiger partial charge on any atom is 0.275 e. The van der Waals surface area contributed by atoms with Gasteiger partial charge in [0.15, 0.2) is 0 Å². The topological polar surface area (TPSA) is 50.7 Å². The molecule has 1 N–H and O–H groups in total. The molecule has 0 spiro atoms. The molecule has 0 bridgehead atoms. The van der Waals surface area contributed by atoms with Crippen LogP contribution >= 0.6 is 27.3 Å². The predicted octanol–water partition coefficient (Wildman–Crippen LogP) is 5.16. The maximum absolute atomic E-state index is 12.4. The number of carbonyl (C=O) groups excluding carboxylic acids is 1. The van der Waals surface area contributed by atoms with Gasteiger partial charge < -0.3 is 4.74 Å². The Hall–Kier alpha value is -2.44. The molecule has 0 saturated carbocycles. The lowest BCUT2D eigenvalue weighted by molar-refractivity contribution is 0.0950. The molecule has 0 saturated heterocycles. The number of hydrogen-bond acceptors (Lipinski definition) is 4. The summed E-state index contributed by atoms with van der Waals surface area (Å²) in [5.74, 6) is 0.213. The van der Waals surface area contributed by atoms with Gasteiger partial charge in [-0.15, -0.1) is 11.3 Å². The van der Waals surface area contributed by atoms with Crippen LogP contribution in [0.4, 0.5) is 0 Å². The van der Waals surface area contributed by atoms with Gasteiger partial charge >= 0.3 is 0 Å². The molecular formula is C20H17BrN2O2S.